The van der Waals surface area contributed by atoms with Crippen LogP contribution in [0.3, 0.4) is 0 Å². The van der Waals surface area contributed by atoms with Crippen LogP contribution in [0.4, 0.5) is 0 Å². The summed E-state index contributed by atoms with van der Waals surface area (Å²) in [7, 11) is -3.86. The van der Waals surface area contributed by atoms with Gasteiger partial charge in [0.05, 0.1) is 0 Å². The van der Waals surface area contributed by atoms with Gasteiger partial charge in [0, 0.05) is 10.3 Å². The first kappa shape index (κ1) is 14.9. The van der Waals surface area contributed by atoms with Crippen LogP contribution in [0.1, 0.15) is 5.56 Å². The highest BCUT2D eigenvalue weighted by Gasteiger charge is 2.18. The maximum absolute atomic E-state index is 12.4. The molecule has 0 radical (unpaired) electrons. The highest BCUT2D eigenvalue weighted by Crippen LogP contribution is 2.32. The monoisotopic (exact) mass is 330 g/mol. The van der Waals surface area contributed by atoms with Gasteiger partial charge in [0.15, 0.2) is 5.75 Å². The molecule has 3 nitrogen and oxygen atoms in total. The third-order valence-electron chi connectivity index (χ3n) is 3.37. The average molecular weight is 330 g/mol. The lowest BCUT2D eigenvalue weighted by atomic mass is 10.1. The van der Waals surface area contributed by atoms with E-state index in [4.69, 9.17) is 4.18 Å². The number of fused-ring (bicyclic) bond motifs is 1. The number of rotatable bonds is 3. The summed E-state index contributed by atoms with van der Waals surface area (Å²) >= 11 is 4.39. The molecule has 0 saturated heterocycles. The van der Waals surface area contributed by atoms with Crippen LogP contribution in [0, 0.1) is 6.92 Å². The Morgan fingerprint density at radius 3 is 2.18 bits per heavy atom. The fraction of sp³-hybridized carbons (Fsp3) is 0.0588. The molecule has 0 aliphatic heterocycles. The van der Waals surface area contributed by atoms with Crippen molar-refractivity contribution >= 4 is 33.5 Å². The Balaban J connectivity index is 2.06. The van der Waals surface area contributed by atoms with Crippen molar-refractivity contribution in [3.63, 3.8) is 0 Å². The van der Waals surface area contributed by atoms with Crippen LogP contribution < -0.4 is 4.18 Å². The van der Waals surface area contributed by atoms with E-state index < -0.39 is 10.1 Å². The highest BCUT2D eigenvalue weighted by atomic mass is 32.2. The van der Waals surface area contributed by atoms with Crippen molar-refractivity contribution in [3.05, 3.63) is 66.2 Å². The minimum atomic E-state index is -3.86. The van der Waals surface area contributed by atoms with Crippen molar-refractivity contribution in [1.29, 1.82) is 0 Å². The van der Waals surface area contributed by atoms with Gasteiger partial charge in [0.2, 0.25) is 0 Å². The first-order valence-electron chi connectivity index (χ1n) is 6.69. The maximum Gasteiger partial charge on any atom is 0.339 e. The molecule has 0 spiro atoms. The van der Waals surface area contributed by atoms with Crippen molar-refractivity contribution in [3.8, 4) is 5.75 Å². The molecule has 112 valence electrons. The standard InChI is InChI=1S/C17H14O3S2/c1-12-6-8-13(9-7-12)22(18,19)20-16-10-11-17(21)15-5-3-2-4-14(15)16/h2-11,21H,1H3. The molecular weight excluding hydrogens is 316 g/mol. The molecule has 0 heterocycles. The number of hydrogen-bond donors (Lipinski definition) is 1. The third kappa shape index (κ3) is 2.82. The molecule has 3 aromatic rings. The number of benzene rings is 3. The second-order valence-electron chi connectivity index (χ2n) is 4.98. The predicted molar refractivity (Wildman–Crippen MR) is 90.2 cm³/mol. The van der Waals surface area contributed by atoms with Crippen molar-refractivity contribution < 1.29 is 12.6 Å². The van der Waals surface area contributed by atoms with E-state index >= 15 is 0 Å². The van der Waals surface area contributed by atoms with E-state index in [1.807, 2.05) is 31.2 Å². The smallest absolute Gasteiger partial charge is 0.339 e. The Hall–Kier alpha value is -1.98. The summed E-state index contributed by atoms with van der Waals surface area (Å²) < 4.78 is 30.1. The second-order valence-corrected chi connectivity index (χ2v) is 7.01. The van der Waals surface area contributed by atoms with Gasteiger partial charge in [-0.1, -0.05) is 42.0 Å². The van der Waals surface area contributed by atoms with Crippen LogP contribution in [-0.2, 0) is 10.1 Å². The molecule has 22 heavy (non-hydrogen) atoms. The Morgan fingerprint density at radius 2 is 1.50 bits per heavy atom. The SMILES string of the molecule is Cc1ccc(S(=O)(=O)Oc2ccc(S)c3ccccc23)cc1. The van der Waals surface area contributed by atoms with Crippen LogP contribution in [0.15, 0.2) is 70.5 Å². The lowest BCUT2D eigenvalue weighted by Gasteiger charge is -2.11. The van der Waals surface area contributed by atoms with Gasteiger partial charge < -0.3 is 4.18 Å². The average Bonchev–Trinajstić information content (AvgIpc) is 2.51. The zero-order valence-electron chi connectivity index (χ0n) is 11.9. The Bertz CT molecular complexity index is 930. The molecule has 0 bridgehead atoms. The van der Waals surface area contributed by atoms with Gasteiger partial charge in [-0.05, 0) is 36.6 Å². The van der Waals surface area contributed by atoms with Crippen molar-refractivity contribution in [1.82, 2.24) is 0 Å². The quantitative estimate of drug-likeness (QED) is 0.578. The van der Waals surface area contributed by atoms with Gasteiger partial charge in [-0.25, -0.2) is 0 Å². The molecule has 0 unspecified atom stereocenters. The molecule has 0 saturated carbocycles. The highest BCUT2D eigenvalue weighted by molar-refractivity contribution is 7.87. The molecule has 0 aliphatic rings. The van der Waals surface area contributed by atoms with Gasteiger partial charge in [-0.3, -0.25) is 0 Å². The summed E-state index contributed by atoms with van der Waals surface area (Å²) in [6.45, 7) is 1.90. The zero-order chi connectivity index (χ0) is 15.7. The molecule has 0 fully saturated rings. The second kappa shape index (κ2) is 5.66. The van der Waals surface area contributed by atoms with E-state index in [0.717, 1.165) is 15.8 Å². The first-order chi connectivity index (χ1) is 10.5. The van der Waals surface area contributed by atoms with Crippen molar-refractivity contribution in [2.24, 2.45) is 0 Å². The molecule has 0 N–H and O–H groups in total. The van der Waals surface area contributed by atoms with E-state index in [1.165, 1.54) is 0 Å². The van der Waals surface area contributed by atoms with E-state index in [-0.39, 0.29) is 4.90 Å². The summed E-state index contributed by atoms with van der Waals surface area (Å²) in [5.41, 5.74) is 0.990. The van der Waals surface area contributed by atoms with Gasteiger partial charge in [0.25, 0.3) is 0 Å². The fourth-order valence-electron chi connectivity index (χ4n) is 2.20. The van der Waals surface area contributed by atoms with Gasteiger partial charge in [-0.2, -0.15) is 8.42 Å². The lowest BCUT2D eigenvalue weighted by molar-refractivity contribution is 0.488. The van der Waals surface area contributed by atoms with Crippen LogP contribution >= 0.6 is 12.6 Å². The van der Waals surface area contributed by atoms with Crippen LogP contribution in [0.5, 0.6) is 5.75 Å². The van der Waals surface area contributed by atoms with E-state index in [1.54, 1.807) is 36.4 Å². The lowest BCUT2D eigenvalue weighted by Crippen LogP contribution is -2.10. The van der Waals surface area contributed by atoms with E-state index in [2.05, 4.69) is 12.6 Å². The number of aryl methyl sites for hydroxylation is 1. The van der Waals surface area contributed by atoms with Crippen molar-refractivity contribution in [2.75, 3.05) is 0 Å². The zero-order valence-corrected chi connectivity index (χ0v) is 13.6. The largest absolute Gasteiger partial charge is 0.378 e. The third-order valence-corrected chi connectivity index (χ3v) is 5.01. The summed E-state index contributed by atoms with van der Waals surface area (Å²) in [6, 6.07) is 17.3. The van der Waals surface area contributed by atoms with Crippen LogP contribution in [0.25, 0.3) is 10.8 Å². The predicted octanol–water partition coefficient (Wildman–Crippen LogP) is 4.20. The minimum Gasteiger partial charge on any atom is -0.378 e. The van der Waals surface area contributed by atoms with Gasteiger partial charge in [0.1, 0.15) is 4.90 Å². The Kier molecular flexibility index (Phi) is 3.85. The number of hydrogen-bond acceptors (Lipinski definition) is 4. The maximum atomic E-state index is 12.4. The summed E-state index contributed by atoms with van der Waals surface area (Å²) in [5.74, 6) is 0.300. The molecule has 3 rings (SSSR count). The van der Waals surface area contributed by atoms with Gasteiger partial charge in [-0.15, -0.1) is 12.6 Å². The molecule has 5 heteroatoms. The topological polar surface area (TPSA) is 43.4 Å². The molecular formula is C17H14O3S2. The normalized spacial score (nSPS) is 11.5. The molecule has 0 aromatic heterocycles. The fourth-order valence-corrected chi connectivity index (χ4v) is 3.42. The first-order valence-corrected chi connectivity index (χ1v) is 8.55. The summed E-state index contributed by atoms with van der Waals surface area (Å²) in [6.07, 6.45) is 0. The van der Waals surface area contributed by atoms with E-state index in [9.17, 15) is 8.42 Å². The van der Waals surface area contributed by atoms with E-state index in [0.29, 0.717) is 11.1 Å². The molecule has 3 aromatic carbocycles. The molecule has 0 atom stereocenters. The Morgan fingerprint density at radius 1 is 0.864 bits per heavy atom. The molecule has 0 amide bonds. The summed E-state index contributed by atoms with van der Waals surface area (Å²) in [5, 5.41) is 1.56. The van der Waals surface area contributed by atoms with Gasteiger partial charge >= 0.3 is 10.1 Å². The summed E-state index contributed by atoms with van der Waals surface area (Å²) in [4.78, 5) is 0.910. The van der Waals surface area contributed by atoms with Crippen molar-refractivity contribution in [2.45, 2.75) is 16.7 Å². The van der Waals surface area contributed by atoms with Crippen LogP contribution in [-0.4, -0.2) is 8.42 Å². The molecule has 0 aliphatic carbocycles. The van der Waals surface area contributed by atoms with Crippen LogP contribution in [0.2, 0.25) is 0 Å². The minimum absolute atomic E-state index is 0.136. The Labute approximate surface area is 135 Å². The number of thiol groups is 1.